The van der Waals surface area contributed by atoms with Gasteiger partial charge in [0, 0.05) is 23.1 Å². The van der Waals surface area contributed by atoms with Crippen molar-refractivity contribution in [1.29, 1.82) is 0 Å². The van der Waals surface area contributed by atoms with Gasteiger partial charge in [-0.3, -0.25) is 0 Å². The summed E-state index contributed by atoms with van der Waals surface area (Å²) in [7, 11) is 0. The molecule has 1 aromatic carbocycles. The summed E-state index contributed by atoms with van der Waals surface area (Å²) in [5.74, 6) is -0.132. The molecule has 1 nitrogen and oxygen atoms in total. The summed E-state index contributed by atoms with van der Waals surface area (Å²) in [6.07, 6.45) is 5.20. The van der Waals surface area contributed by atoms with Gasteiger partial charge in [0.1, 0.15) is 5.82 Å². The molecule has 2 rings (SSSR count). The third-order valence-corrected chi connectivity index (χ3v) is 4.06. The van der Waals surface area contributed by atoms with Crippen LogP contribution in [0.3, 0.4) is 0 Å². The maximum atomic E-state index is 13.6. The van der Waals surface area contributed by atoms with Gasteiger partial charge in [-0.2, -0.15) is 0 Å². The number of halogens is 2. The van der Waals surface area contributed by atoms with Crippen molar-refractivity contribution in [2.75, 3.05) is 6.54 Å². The molecule has 1 fully saturated rings. The fraction of sp³-hybridized carbons (Fsp3) is 0.571. The van der Waals surface area contributed by atoms with Crippen LogP contribution in [0.2, 0.25) is 0 Å². The van der Waals surface area contributed by atoms with Crippen LogP contribution < -0.4 is 5.32 Å². The van der Waals surface area contributed by atoms with Crippen LogP contribution in [0.1, 0.15) is 38.2 Å². The minimum absolute atomic E-state index is 0.132. The Hall–Kier alpha value is -0.410. The molecule has 17 heavy (non-hydrogen) atoms. The molecule has 0 spiro atoms. The molecule has 0 heterocycles. The summed E-state index contributed by atoms with van der Waals surface area (Å²) < 4.78 is 14.4. The van der Waals surface area contributed by atoms with Crippen LogP contribution in [0, 0.1) is 11.2 Å². The van der Waals surface area contributed by atoms with E-state index in [1.54, 1.807) is 0 Å². The van der Waals surface area contributed by atoms with Crippen molar-refractivity contribution in [3.63, 3.8) is 0 Å². The average molecular weight is 300 g/mol. The zero-order chi connectivity index (χ0) is 12.3. The lowest BCUT2D eigenvalue weighted by Crippen LogP contribution is -2.24. The van der Waals surface area contributed by atoms with Gasteiger partial charge in [-0.05, 0) is 36.8 Å². The normalized spacial score (nSPS) is 17.1. The molecule has 0 atom stereocenters. The number of hydrogen-bond acceptors (Lipinski definition) is 1. The number of nitrogens with one attached hydrogen (secondary N) is 1. The monoisotopic (exact) mass is 299 g/mol. The summed E-state index contributed by atoms with van der Waals surface area (Å²) in [4.78, 5) is 0. The van der Waals surface area contributed by atoms with Crippen LogP contribution in [0.5, 0.6) is 0 Å². The molecule has 0 bridgehead atoms. The first-order chi connectivity index (χ1) is 8.15. The van der Waals surface area contributed by atoms with E-state index in [4.69, 9.17) is 0 Å². The molecule has 0 saturated heterocycles. The molecule has 1 aliphatic carbocycles. The first kappa shape index (κ1) is 13.0. The van der Waals surface area contributed by atoms with Gasteiger partial charge in [-0.15, -0.1) is 0 Å². The quantitative estimate of drug-likeness (QED) is 0.828. The second-order valence-electron chi connectivity index (χ2n) is 5.09. The molecular formula is C14H19BrFN. The van der Waals surface area contributed by atoms with Gasteiger partial charge in [0.2, 0.25) is 0 Å². The van der Waals surface area contributed by atoms with Crippen LogP contribution in [0.25, 0.3) is 0 Å². The van der Waals surface area contributed by atoms with Crippen molar-refractivity contribution in [1.82, 2.24) is 5.32 Å². The second-order valence-corrected chi connectivity index (χ2v) is 6.00. The lowest BCUT2D eigenvalue weighted by atomic mass is 10.0. The number of benzene rings is 1. The minimum Gasteiger partial charge on any atom is -0.312 e. The third kappa shape index (κ3) is 3.52. The fourth-order valence-corrected chi connectivity index (χ4v) is 2.68. The van der Waals surface area contributed by atoms with E-state index < -0.39 is 0 Å². The average Bonchev–Trinajstić information content (AvgIpc) is 3.02. The summed E-state index contributed by atoms with van der Waals surface area (Å²) in [5.41, 5.74) is 1.28. The molecule has 1 aliphatic rings. The largest absolute Gasteiger partial charge is 0.312 e. The van der Waals surface area contributed by atoms with E-state index in [0.717, 1.165) is 16.6 Å². The Labute approximate surface area is 111 Å². The van der Waals surface area contributed by atoms with Crippen LogP contribution >= 0.6 is 15.9 Å². The van der Waals surface area contributed by atoms with Crippen molar-refractivity contribution < 1.29 is 4.39 Å². The zero-order valence-corrected chi connectivity index (χ0v) is 11.8. The molecule has 0 aliphatic heterocycles. The lowest BCUT2D eigenvalue weighted by Gasteiger charge is -2.15. The van der Waals surface area contributed by atoms with Gasteiger partial charge in [-0.1, -0.05) is 35.3 Å². The van der Waals surface area contributed by atoms with Crippen molar-refractivity contribution in [2.45, 2.75) is 39.2 Å². The summed E-state index contributed by atoms with van der Waals surface area (Å²) in [6, 6.07) is 5.25. The smallest absolute Gasteiger partial charge is 0.128 e. The Morgan fingerprint density at radius 2 is 2.18 bits per heavy atom. The highest BCUT2D eigenvalue weighted by atomic mass is 79.9. The van der Waals surface area contributed by atoms with E-state index in [9.17, 15) is 4.39 Å². The Morgan fingerprint density at radius 3 is 2.76 bits per heavy atom. The fourth-order valence-electron chi connectivity index (χ4n) is 2.35. The number of rotatable bonds is 6. The third-order valence-electron chi connectivity index (χ3n) is 3.57. The van der Waals surface area contributed by atoms with Gasteiger partial charge in [0.15, 0.2) is 0 Å². The SMILES string of the molecule is CCCC1(CNCc2ccc(Br)cc2F)CC1. The van der Waals surface area contributed by atoms with Crippen LogP contribution in [-0.2, 0) is 6.54 Å². The van der Waals surface area contributed by atoms with Gasteiger partial charge < -0.3 is 5.32 Å². The van der Waals surface area contributed by atoms with Gasteiger partial charge in [0.25, 0.3) is 0 Å². The molecule has 3 heteroatoms. The first-order valence-corrected chi connectivity index (χ1v) is 7.09. The van der Waals surface area contributed by atoms with Gasteiger partial charge >= 0.3 is 0 Å². The topological polar surface area (TPSA) is 12.0 Å². The van der Waals surface area contributed by atoms with Crippen LogP contribution in [0.15, 0.2) is 22.7 Å². The lowest BCUT2D eigenvalue weighted by molar-refractivity contribution is 0.418. The molecule has 0 amide bonds. The molecule has 0 radical (unpaired) electrons. The Bertz CT molecular complexity index is 388. The zero-order valence-electron chi connectivity index (χ0n) is 10.2. The maximum absolute atomic E-state index is 13.6. The van der Waals surface area contributed by atoms with Crippen molar-refractivity contribution in [2.24, 2.45) is 5.41 Å². The van der Waals surface area contributed by atoms with Crippen molar-refractivity contribution in [3.05, 3.63) is 34.1 Å². The highest BCUT2D eigenvalue weighted by molar-refractivity contribution is 9.10. The second kappa shape index (κ2) is 5.49. The molecular weight excluding hydrogens is 281 g/mol. The highest BCUT2D eigenvalue weighted by Crippen LogP contribution is 2.48. The number of hydrogen-bond donors (Lipinski definition) is 1. The summed E-state index contributed by atoms with van der Waals surface area (Å²) in [5, 5.41) is 3.39. The first-order valence-electron chi connectivity index (χ1n) is 6.30. The van der Waals surface area contributed by atoms with Gasteiger partial charge in [0.05, 0.1) is 0 Å². The summed E-state index contributed by atoms with van der Waals surface area (Å²) >= 11 is 3.27. The van der Waals surface area contributed by atoms with Gasteiger partial charge in [-0.25, -0.2) is 4.39 Å². The van der Waals surface area contributed by atoms with E-state index in [-0.39, 0.29) is 5.82 Å². The minimum atomic E-state index is -0.132. The van der Waals surface area contributed by atoms with E-state index in [2.05, 4.69) is 28.2 Å². The van der Waals surface area contributed by atoms with E-state index >= 15 is 0 Å². The van der Waals surface area contributed by atoms with E-state index in [0.29, 0.717) is 12.0 Å². The van der Waals surface area contributed by atoms with Crippen LogP contribution in [-0.4, -0.2) is 6.54 Å². The Morgan fingerprint density at radius 1 is 1.41 bits per heavy atom. The molecule has 1 N–H and O–H groups in total. The maximum Gasteiger partial charge on any atom is 0.128 e. The predicted molar refractivity (Wildman–Crippen MR) is 72.4 cm³/mol. The van der Waals surface area contributed by atoms with Crippen molar-refractivity contribution >= 4 is 15.9 Å². The highest BCUT2D eigenvalue weighted by Gasteiger charge is 2.40. The molecule has 0 unspecified atom stereocenters. The molecule has 0 aromatic heterocycles. The Balaban J connectivity index is 1.82. The van der Waals surface area contributed by atoms with Crippen LogP contribution in [0.4, 0.5) is 4.39 Å². The van der Waals surface area contributed by atoms with Crippen molar-refractivity contribution in [3.8, 4) is 0 Å². The predicted octanol–water partition coefficient (Wildman–Crippen LogP) is 4.26. The standard InChI is InChI=1S/C14H19BrFN/c1-2-5-14(6-7-14)10-17-9-11-3-4-12(15)8-13(11)16/h3-4,8,17H,2,5-7,9-10H2,1H3. The summed E-state index contributed by atoms with van der Waals surface area (Å²) in [6.45, 7) is 3.88. The molecule has 1 aromatic rings. The molecule has 94 valence electrons. The van der Waals surface area contributed by atoms with E-state index in [1.807, 2.05) is 12.1 Å². The van der Waals surface area contributed by atoms with E-state index in [1.165, 1.54) is 31.7 Å². The molecule has 1 saturated carbocycles. The Kier molecular flexibility index (Phi) is 4.21.